The quantitative estimate of drug-likeness (QED) is 0.560. The second-order valence-electron chi connectivity index (χ2n) is 6.34. The highest BCUT2D eigenvalue weighted by molar-refractivity contribution is 7.12. The van der Waals surface area contributed by atoms with Gasteiger partial charge in [0.25, 0.3) is 0 Å². The van der Waals surface area contributed by atoms with Crippen molar-refractivity contribution in [3.63, 3.8) is 0 Å². The molecule has 0 bridgehead atoms. The van der Waals surface area contributed by atoms with Crippen LogP contribution in [0.5, 0.6) is 0 Å². The number of carbonyl (C=O) groups is 2. The van der Waals surface area contributed by atoms with E-state index >= 15 is 0 Å². The summed E-state index contributed by atoms with van der Waals surface area (Å²) in [5, 5.41) is 1.97. The van der Waals surface area contributed by atoms with E-state index in [4.69, 9.17) is 4.74 Å². The molecule has 4 heteroatoms. The molecule has 2 aromatic rings. The zero-order chi connectivity index (χ0) is 16.9. The Morgan fingerprint density at radius 1 is 1.08 bits per heavy atom. The maximum Gasteiger partial charge on any atom is 0.309 e. The number of hydrogen-bond donors (Lipinski definition) is 0. The normalized spacial score (nSPS) is 16.5. The summed E-state index contributed by atoms with van der Waals surface area (Å²) in [7, 11) is 0. The predicted molar refractivity (Wildman–Crippen MR) is 96.2 cm³/mol. The van der Waals surface area contributed by atoms with E-state index in [-0.39, 0.29) is 17.7 Å². The van der Waals surface area contributed by atoms with E-state index in [0.717, 1.165) is 36.8 Å². The van der Waals surface area contributed by atoms with Crippen molar-refractivity contribution in [2.75, 3.05) is 0 Å². The van der Waals surface area contributed by atoms with Gasteiger partial charge in [0, 0.05) is 0 Å². The number of ether oxygens (including phenoxy) is 1. The summed E-state index contributed by atoms with van der Waals surface area (Å²) < 4.78 is 5.44. The van der Waals surface area contributed by atoms with Crippen molar-refractivity contribution < 1.29 is 14.3 Å². The van der Waals surface area contributed by atoms with E-state index in [0.29, 0.717) is 4.88 Å². The number of carbonyl (C=O) groups excluding carboxylic acids is 2. The monoisotopic (exact) mass is 342 g/mol. The average molecular weight is 342 g/mol. The average Bonchev–Trinajstić information content (AvgIpc) is 3.12. The van der Waals surface area contributed by atoms with Crippen LogP contribution in [0.25, 0.3) is 11.1 Å². The van der Waals surface area contributed by atoms with Crippen LogP contribution < -0.4 is 0 Å². The molecule has 1 unspecified atom stereocenters. The summed E-state index contributed by atoms with van der Waals surface area (Å²) >= 11 is 1.40. The molecule has 1 heterocycles. The molecule has 1 fully saturated rings. The second kappa shape index (κ2) is 7.75. The van der Waals surface area contributed by atoms with E-state index in [1.807, 2.05) is 41.8 Å². The van der Waals surface area contributed by atoms with Crippen LogP contribution in [-0.4, -0.2) is 17.9 Å². The minimum absolute atomic E-state index is 0.0304. The molecular weight excluding hydrogens is 320 g/mol. The first-order valence-electron chi connectivity index (χ1n) is 8.54. The van der Waals surface area contributed by atoms with Gasteiger partial charge in [-0.3, -0.25) is 9.59 Å². The molecule has 0 saturated heterocycles. The summed E-state index contributed by atoms with van der Waals surface area (Å²) in [5.41, 5.74) is 2.11. The van der Waals surface area contributed by atoms with E-state index < -0.39 is 6.10 Å². The van der Waals surface area contributed by atoms with E-state index in [1.165, 1.54) is 17.8 Å². The Morgan fingerprint density at radius 2 is 1.79 bits per heavy atom. The number of rotatable bonds is 5. The fourth-order valence-corrected chi connectivity index (χ4v) is 4.05. The van der Waals surface area contributed by atoms with Crippen molar-refractivity contribution in [3.8, 4) is 11.1 Å². The first-order valence-corrected chi connectivity index (χ1v) is 9.42. The molecule has 0 N–H and O–H groups in total. The first-order chi connectivity index (χ1) is 11.6. The Morgan fingerprint density at radius 3 is 2.50 bits per heavy atom. The predicted octanol–water partition coefficient (Wildman–Crippen LogP) is 5.11. The van der Waals surface area contributed by atoms with E-state index in [9.17, 15) is 9.59 Å². The zero-order valence-corrected chi connectivity index (χ0v) is 14.7. The van der Waals surface area contributed by atoms with Gasteiger partial charge in [-0.15, -0.1) is 11.3 Å². The Labute approximate surface area is 146 Å². The van der Waals surface area contributed by atoms with Gasteiger partial charge in [0.1, 0.15) is 0 Å². The topological polar surface area (TPSA) is 43.4 Å². The molecule has 1 aliphatic rings. The van der Waals surface area contributed by atoms with Crippen molar-refractivity contribution in [1.82, 2.24) is 0 Å². The molecule has 0 radical (unpaired) electrons. The number of hydrogen-bond acceptors (Lipinski definition) is 4. The molecule has 3 nitrogen and oxygen atoms in total. The van der Waals surface area contributed by atoms with Crippen molar-refractivity contribution in [3.05, 3.63) is 46.7 Å². The molecular formula is C20H22O3S. The molecule has 1 aromatic carbocycles. The van der Waals surface area contributed by atoms with E-state index in [2.05, 4.69) is 0 Å². The Bertz CT molecular complexity index is 699. The van der Waals surface area contributed by atoms with Crippen molar-refractivity contribution in [2.24, 2.45) is 5.92 Å². The highest BCUT2D eigenvalue weighted by Gasteiger charge is 2.27. The number of thiophene rings is 1. The largest absolute Gasteiger partial charge is 0.454 e. The molecule has 0 spiro atoms. The summed E-state index contributed by atoms with van der Waals surface area (Å²) in [6.45, 7) is 1.67. The molecule has 1 atom stereocenters. The van der Waals surface area contributed by atoms with E-state index in [1.54, 1.807) is 6.92 Å². The summed E-state index contributed by atoms with van der Waals surface area (Å²) in [6, 6.07) is 11.8. The fraction of sp³-hybridized carbons (Fsp3) is 0.400. The lowest BCUT2D eigenvalue weighted by molar-refractivity contribution is -0.152. The van der Waals surface area contributed by atoms with Crippen LogP contribution in [0.3, 0.4) is 0 Å². The SMILES string of the molecule is CC(OC(=O)C1CCCCC1)C(=O)c1cc(-c2ccccc2)cs1. The third-order valence-corrected chi connectivity index (χ3v) is 5.49. The number of esters is 1. The van der Waals surface area contributed by atoms with Gasteiger partial charge in [-0.25, -0.2) is 0 Å². The summed E-state index contributed by atoms with van der Waals surface area (Å²) in [6.07, 6.45) is 4.39. The third-order valence-electron chi connectivity index (χ3n) is 4.55. The van der Waals surface area contributed by atoms with Gasteiger partial charge in [-0.2, -0.15) is 0 Å². The molecule has 1 aliphatic carbocycles. The lowest BCUT2D eigenvalue weighted by atomic mass is 9.89. The number of ketones is 1. The number of benzene rings is 1. The lowest BCUT2D eigenvalue weighted by Gasteiger charge is -2.21. The minimum Gasteiger partial charge on any atom is -0.454 e. The molecule has 1 saturated carbocycles. The lowest BCUT2D eigenvalue weighted by Crippen LogP contribution is -2.28. The fourth-order valence-electron chi connectivity index (χ4n) is 3.11. The minimum atomic E-state index is -0.721. The maximum absolute atomic E-state index is 12.5. The van der Waals surface area contributed by atoms with Crippen molar-refractivity contribution in [1.29, 1.82) is 0 Å². The van der Waals surface area contributed by atoms with Gasteiger partial charge in [0.15, 0.2) is 6.10 Å². The van der Waals surface area contributed by atoms with Crippen LogP contribution in [0.1, 0.15) is 48.7 Å². The van der Waals surface area contributed by atoms with Crippen molar-refractivity contribution >= 4 is 23.1 Å². The summed E-state index contributed by atoms with van der Waals surface area (Å²) in [4.78, 5) is 25.4. The van der Waals surface area contributed by atoms with Gasteiger partial charge in [0.2, 0.25) is 5.78 Å². The van der Waals surface area contributed by atoms with Crippen LogP contribution in [0.2, 0.25) is 0 Å². The zero-order valence-electron chi connectivity index (χ0n) is 13.9. The molecule has 24 heavy (non-hydrogen) atoms. The maximum atomic E-state index is 12.5. The van der Waals surface area contributed by atoms with Crippen LogP contribution >= 0.6 is 11.3 Å². The van der Waals surface area contributed by atoms with Crippen LogP contribution in [0.15, 0.2) is 41.8 Å². The number of Topliss-reactive ketones (excluding diaryl/α,β-unsaturated/α-hetero) is 1. The standard InChI is InChI=1S/C20H22O3S/c1-14(23-20(22)16-10-6-3-7-11-16)19(21)18-12-17(13-24-18)15-8-4-2-5-9-15/h2,4-5,8-9,12-14,16H,3,6-7,10-11H2,1H3. The Kier molecular flexibility index (Phi) is 5.46. The van der Waals surface area contributed by atoms with Crippen LogP contribution in [-0.2, 0) is 9.53 Å². The van der Waals surface area contributed by atoms with Gasteiger partial charge >= 0.3 is 5.97 Å². The molecule has 1 aromatic heterocycles. The third kappa shape index (κ3) is 3.93. The molecule has 0 amide bonds. The van der Waals surface area contributed by atoms with Gasteiger partial charge < -0.3 is 4.74 Å². The van der Waals surface area contributed by atoms with Gasteiger partial charge in [-0.05, 0) is 42.3 Å². The highest BCUT2D eigenvalue weighted by Crippen LogP contribution is 2.28. The first kappa shape index (κ1) is 16.9. The molecule has 0 aliphatic heterocycles. The van der Waals surface area contributed by atoms with Crippen LogP contribution in [0.4, 0.5) is 0 Å². The molecule has 3 rings (SSSR count). The molecule has 126 valence electrons. The Balaban J connectivity index is 1.63. The highest BCUT2D eigenvalue weighted by atomic mass is 32.1. The second-order valence-corrected chi connectivity index (χ2v) is 7.26. The van der Waals surface area contributed by atoms with Crippen molar-refractivity contribution in [2.45, 2.75) is 45.1 Å². The van der Waals surface area contributed by atoms with Gasteiger partial charge in [0.05, 0.1) is 10.8 Å². The van der Waals surface area contributed by atoms with Gasteiger partial charge in [-0.1, -0.05) is 49.6 Å². The van der Waals surface area contributed by atoms with Crippen LogP contribution in [0, 0.1) is 5.92 Å². The smallest absolute Gasteiger partial charge is 0.309 e. The summed E-state index contributed by atoms with van der Waals surface area (Å²) in [5.74, 6) is -0.362. The Hall–Kier alpha value is -1.94.